The molecular formula is C21H29N3O3S2. The van der Waals surface area contributed by atoms with Gasteiger partial charge in [-0.05, 0) is 62.1 Å². The number of rotatable bonds is 10. The summed E-state index contributed by atoms with van der Waals surface area (Å²) in [6, 6.07) is 14.6. The SMILES string of the molecule is CCN(CC)c1ccc(CNC(=O)CN(C)S(=O)(=O)c2ccc(SC)cc2)cc1. The van der Waals surface area contributed by atoms with Crippen molar-refractivity contribution in [2.45, 2.75) is 30.2 Å². The van der Waals surface area contributed by atoms with Gasteiger partial charge in [-0.3, -0.25) is 4.79 Å². The van der Waals surface area contributed by atoms with E-state index in [4.69, 9.17) is 0 Å². The van der Waals surface area contributed by atoms with Crippen LogP contribution in [0.25, 0.3) is 0 Å². The van der Waals surface area contributed by atoms with Gasteiger partial charge in [-0.15, -0.1) is 11.8 Å². The standard InChI is InChI=1S/C21H29N3O3S2/c1-5-24(6-2)18-9-7-17(8-10-18)15-22-21(25)16-23(3)29(26,27)20-13-11-19(28-4)12-14-20/h7-14H,5-6,15-16H2,1-4H3,(H,22,25). The smallest absolute Gasteiger partial charge is 0.243 e. The van der Waals surface area contributed by atoms with E-state index in [0.29, 0.717) is 6.54 Å². The van der Waals surface area contributed by atoms with Crippen LogP contribution in [0.5, 0.6) is 0 Å². The van der Waals surface area contributed by atoms with Crippen molar-refractivity contribution in [2.75, 3.05) is 37.8 Å². The zero-order valence-corrected chi connectivity index (χ0v) is 19.0. The van der Waals surface area contributed by atoms with Crippen LogP contribution >= 0.6 is 11.8 Å². The Hall–Kier alpha value is -2.03. The summed E-state index contributed by atoms with van der Waals surface area (Å²) in [5, 5.41) is 2.79. The van der Waals surface area contributed by atoms with Crippen LogP contribution in [0.2, 0.25) is 0 Å². The number of hydrogen-bond acceptors (Lipinski definition) is 5. The first-order valence-corrected chi connectivity index (χ1v) is 12.2. The number of carbonyl (C=O) groups excluding carboxylic acids is 1. The number of amides is 1. The fourth-order valence-electron chi connectivity index (χ4n) is 2.88. The highest BCUT2D eigenvalue weighted by Crippen LogP contribution is 2.20. The van der Waals surface area contributed by atoms with E-state index in [0.717, 1.165) is 33.5 Å². The molecule has 1 amide bonds. The molecule has 0 radical (unpaired) electrons. The van der Waals surface area contributed by atoms with Crippen LogP contribution in [0.15, 0.2) is 58.3 Å². The van der Waals surface area contributed by atoms with Gasteiger partial charge >= 0.3 is 0 Å². The number of likely N-dealkylation sites (N-methyl/N-ethyl adjacent to an activating group) is 1. The van der Waals surface area contributed by atoms with Crippen molar-refractivity contribution in [3.05, 3.63) is 54.1 Å². The molecule has 158 valence electrons. The first kappa shape index (κ1) is 23.3. The van der Waals surface area contributed by atoms with E-state index < -0.39 is 10.0 Å². The number of thioether (sulfide) groups is 1. The van der Waals surface area contributed by atoms with Gasteiger partial charge in [-0.25, -0.2) is 8.42 Å². The maximum Gasteiger partial charge on any atom is 0.243 e. The van der Waals surface area contributed by atoms with E-state index in [1.165, 1.54) is 7.05 Å². The predicted octanol–water partition coefficient (Wildman–Crippen LogP) is 3.19. The summed E-state index contributed by atoms with van der Waals surface area (Å²) in [5.41, 5.74) is 2.11. The summed E-state index contributed by atoms with van der Waals surface area (Å²) in [5.74, 6) is -0.343. The third-order valence-corrected chi connectivity index (χ3v) is 7.25. The summed E-state index contributed by atoms with van der Waals surface area (Å²) in [7, 11) is -2.29. The molecule has 0 saturated carbocycles. The minimum Gasteiger partial charge on any atom is -0.372 e. The Balaban J connectivity index is 1.92. The molecule has 0 saturated heterocycles. The fraction of sp³-hybridized carbons (Fsp3) is 0.381. The number of nitrogens with zero attached hydrogens (tertiary/aromatic N) is 2. The van der Waals surface area contributed by atoms with E-state index in [1.807, 2.05) is 30.5 Å². The molecule has 0 unspecified atom stereocenters. The third-order valence-electron chi connectivity index (χ3n) is 4.69. The second-order valence-electron chi connectivity index (χ2n) is 6.55. The van der Waals surface area contributed by atoms with E-state index in [9.17, 15) is 13.2 Å². The molecule has 2 rings (SSSR count). The second-order valence-corrected chi connectivity index (χ2v) is 9.48. The highest BCUT2D eigenvalue weighted by atomic mass is 32.2. The maximum atomic E-state index is 12.6. The van der Waals surface area contributed by atoms with E-state index in [2.05, 4.69) is 24.1 Å². The molecule has 0 bridgehead atoms. The number of hydrogen-bond donors (Lipinski definition) is 1. The first-order valence-electron chi connectivity index (χ1n) is 9.52. The molecule has 0 aromatic heterocycles. The average molecular weight is 436 g/mol. The highest BCUT2D eigenvalue weighted by Gasteiger charge is 2.22. The Morgan fingerprint density at radius 2 is 1.59 bits per heavy atom. The van der Waals surface area contributed by atoms with Gasteiger partial charge in [0.1, 0.15) is 0 Å². The van der Waals surface area contributed by atoms with Crippen LogP contribution < -0.4 is 10.2 Å². The van der Waals surface area contributed by atoms with Crippen LogP contribution in [0.4, 0.5) is 5.69 Å². The van der Waals surface area contributed by atoms with E-state index in [1.54, 1.807) is 36.0 Å². The van der Waals surface area contributed by atoms with Gasteiger partial charge in [0.15, 0.2) is 0 Å². The van der Waals surface area contributed by atoms with Crippen molar-refractivity contribution in [1.82, 2.24) is 9.62 Å². The Labute approximate surface area is 178 Å². The molecule has 2 aromatic carbocycles. The molecule has 0 aliphatic carbocycles. The first-order chi connectivity index (χ1) is 13.8. The van der Waals surface area contributed by atoms with Crippen molar-refractivity contribution >= 4 is 33.4 Å². The molecule has 0 aliphatic heterocycles. The van der Waals surface area contributed by atoms with Crippen LogP contribution in [-0.2, 0) is 21.4 Å². The summed E-state index contributed by atoms with van der Waals surface area (Å²) in [6.07, 6.45) is 1.93. The molecule has 0 fully saturated rings. The van der Waals surface area contributed by atoms with Crippen LogP contribution in [-0.4, -0.2) is 51.6 Å². The molecule has 8 heteroatoms. The van der Waals surface area contributed by atoms with E-state index in [-0.39, 0.29) is 17.3 Å². The number of benzene rings is 2. The number of nitrogens with one attached hydrogen (secondary N) is 1. The second kappa shape index (κ2) is 10.7. The normalized spacial score (nSPS) is 11.5. The molecule has 1 N–H and O–H groups in total. The lowest BCUT2D eigenvalue weighted by Crippen LogP contribution is -2.38. The lowest BCUT2D eigenvalue weighted by molar-refractivity contribution is -0.121. The molecule has 0 heterocycles. The van der Waals surface area contributed by atoms with Gasteiger partial charge in [-0.1, -0.05) is 12.1 Å². The number of anilines is 1. The lowest BCUT2D eigenvalue weighted by Gasteiger charge is -2.21. The van der Waals surface area contributed by atoms with Gasteiger partial charge in [0.05, 0.1) is 11.4 Å². The lowest BCUT2D eigenvalue weighted by atomic mass is 10.2. The van der Waals surface area contributed by atoms with E-state index >= 15 is 0 Å². The van der Waals surface area contributed by atoms with Crippen molar-refractivity contribution in [3.63, 3.8) is 0 Å². The summed E-state index contributed by atoms with van der Waals surface area (Å²) in [6.45, 7) is 6.22. The summed E-state index contributed by atoms with van der Waals surface area (Å²) >= 11 is 1.54. The minimum atomic E-state index is -3.71. The summed E-state index contributed by atoms with van der Waals surface area (Å²) < 4.78 is 26.3. The summed E-state index contributed by atoms with van der Waals surface area (Å²) in [4.78, 5) is 15.6. The maximum absolute atomic E-state index is 12.6. The molecule has 6 nitrogen and oxygen atoms in total. The van der Waals surface area contributed by atoms with Crippen LogP contribution in [0, 0.1) is 0 Å². The van der Waals surface area contributed by atoms with Crippen molar-refractivity contribution in [2.24, 2.45) is 0 Å². The number of carbonyl (C=O) groups is 1. The van der Waals surface area contributed by atoms with Crippen molar-refractivity contribution in [3.8, 4) is 0 Å². The molecule has 29 heavy (non-hydrogen) atoms. The molecule has 2 aromatic rings. The van der Waals surface area contributed by atoms with Gasteiger partial charge < -0.3 is 10.2 Å². The zero-order valence-electron chi connectivity index (χ0n) is 17.4. The molecule has 0 spiro atoms. The zero-order chi connectivity index (χ0) is 21.4. The fourth-order valence-corrected chi connectivity index (χ4v) is 4.42. The van der Waals surface area contributed by atoms with Gasteiger partial charge in [0.25, 0.3) is 0 Å². The highest BCUT2D eigenvalue weighted by molar-refractivity contribution is 7.98. The van der Waals surface area contributed by atoms with Gasteiger partial charge in [0, 0.05) is 37.3 Å². The van der Waals surface area contributed by atoms with Crippen LogP contribution in [0.1, 0.15) is 19.4 Å². The Kier molecular flexibility index (Phi) is 8.55. The average Bonchev–Trinajstić information content (AvgIpc) is 2.74. The minimum absolute atomic E-state index is 0.178. The third kappa shape index (κ3) is 6.22. The molecule has 0 atom stereocenters. The Bertz CT molecular complexity index is 894. The van der Waals surface area contributed by atoms with Gasteiger partial charge in [-0.2, -0.15) is 4.31 Å². The predicted molar refractivity (Wildman–Crippen MR) is 120 cm³/mol. The molecule has 0 aliphatic rings. The Morgan fingerprint density at radius 1 is 1.00 bits per heavy atom. The monoisotopic (exact) mass is 435 g/mol. The Morgan fingerprint density at radius 3 is 2.10 bits per heavy atom. The largest absolute Gasteiger partial charge is 0.372 e. The van der Waals surface area contributed by atoms with Crippen molar-refractivity contribution < 1.29 is 13.2 Å². The van der Waals surface area contributed by atoms with Crippen LogP contribution in [0.3, 0.4) is 0 Å². The molecular weight excluding hydrogens is 406 g/mol. The van der Waals surface area contributed by atoms with Crippen molar-refractivity contribution in [1.29, 1.82) is 0 Å². The topological polar surface area (TPSA) is 69.7 Å². The van der Waals surface area contributed by atoms with Gasteiger partial charge in [0.2, 0.25) is 15.9 Å². The quantitative estimate of drug-likeness (QED) is 0.581. The number of sulfonamides is 1.